The largest absolute Gasteiger partial charge is 0.427 e. The van der Waals surface area contributed by atoms with E-state index in [2.05, 4.69) is 9.72 Å². The van der Waals surface area contributed by atoms with Gasteiger partial charge in [-0.3, -0.25) is 10.1 Å². The molecule has 0 radical (unpaired) electrons. The first-order valence-corrected chi connectivity index (χ1v) is 3.79. The maximum absolute atomic E-state index is 12.1. The summed E-state index contributed by atoms with van der Waals surface area (Å²) < 4.78 is 51.7. The molecule has 16 heavy (non-hydrogen) atoms. The van der Waals surface area contributed by atoms with Crippen LogP contribution in [0.15, 0.2) is 12.3 Å². The van der Waals surface area contributed by atoms with Gasteiger partial charge in [-0.15, -0.1) is 0 Å². The smallest absolute Gasteiger partial charge is 0.387 e. The molecule has 88 valence electrons. The van der Waals surface area contributed by atoms with E-state index in [1.165, 1.54) is 0 Å². The van der Waals surface area contributed by atoms with Gasteiger partial charge in [0.1, 0.15) is 11.9 Å². The Kier molecular flexibility index (Phi) is 3.59. The Morgan fingerprint density at radius 2 is 2.00 bits per heavy atom. The standard InChI is InChI=1S/C7H4F4N2O3/c8-6(9)3-1-5(16-7(10)11)4(2-12-3)13(14)15/h1-2,6-7H. The molecule has 0 saturated heterocycles. The number of rotatable bonds is 4. The first-order chi connectivity index (χ1) is 7.41. The Bertz CT molecular complexity index is 399. The Labute approximate surface area is 85.8 Å². The van der Waals surface area contributed by atoms with Crippen LogP contribution in [0.1, 0.15) is 12.1 Å². The Morgan fingerprint density at radius 1 is 1.38 bits per heavy atom. The van der Waals surface area contributed by atoms with Crippen LogP contribution in [0.25, 0.3) is 0 Å². The molecule has 1 heterocycles. The van der Waals surface area contributed by atoms with Crippen molar-refractivity contribution >= 4 is 5.69 Å². The van der Waals surface area contributed by atoms with Crippen LogP contribution >= 0.6 is 0 Å². The van der Waals surface area contributed by atoms with Crippen LogP contribution in [-0.4, -0.2) is 16.5 Å². The zero-order chi connectivity index (χ0) is 12.3. The van der Waals surface area contributed by atoms with Gasteiger partial charge in [0.25, 0.3) is 6.43 Å². The Balaban J connectivity index is 3.15. The van der Waals surface area contributed by atoms with E-state index in [1.807, 2.05) is 0 Å². The summed E-state index contributed by atoms with van der Waals surface area (Å²) in [5.74, 6) is -0.940. The normalized spacial score (nSPS) is 10.9. The van der Waals surface area contributed by atoms with E-state index >= 15 is 0 Å². The van der Waals surface area contributed by atoms with E-state index in [-0.39, 0.29) is 0 Å². The van der Waals surface area contributed by atoms with Crippen molar-refractivity contribution in [2.45, 2.75) is 13.0 Å². The molecular formula is C7H4F4N2O3. The quantitative estimate of drug-likeness (QED) is 0.460. The van der Waals surface area contributed by atoms with Crippen molar-refractivity contribution in [2.75, 3.05) is 0 Å². The maximum atomic E-state index is 12.1. The van der Waals surface area contributed by atoms with E-state index in [9.17, 15) is 27.7 Å². The van der Waals surface area contributed by atoms with Crippen LogP contribution in [0, 0.1) is 10.1 Å². The van der Waals surface area contributed by atoms with Crippen molar-refractivity contribution in [2.24, 2.45) is 0 Å². The lowest BCUT2D eigenvalue weighted by atomic mass is 10.3. The van der Waals surface area contributed by atoms with Crippen molar-refractivity contribution in [3.8, 4) is 5.75 Å². The number of ether oxygens (including phenoxy) is 1. The Morgan fingerprint density at radius 3 is 2.44 bits per heavy atom. The van der Waals surface area contributed by atoms with Crippen LogP contribution in [-0.2, 0) is 0 Å². The highest BCUT2D eigenvalue weighted by Gasteiger charge is 2.22. The van der Waals surface area contributed by atoms with E-state index < -0.39 is 35.1 Å². The molecule has 0 N–H and O–H groups in total. The summed E-state index contributed by atoms with van der Waals surface area (Å²) in [5.41, 5.74) is -1.77. The zero-order valence-corrected chi connectivity index (χ0v) is 7.44. The van der Waals surface area contributed by atoms with Gasteiger partial charge in [-0.25, -0.2) is 13.8 Å². The van der Waals surface area contributed by atoms with E-state index in [0.717, 1.165) is 0 Å². The fraction of sp³-hybridized carbons (Fsp3) is 0.286. The topological polar surface area (TPSA) is 65.3 Å². The molecule has 0 aliphatic carbocycles. The fourth-order valence-electron chi connectivity index (χ4n) is 0.892. The number of nitro groups is 1. The number of aromatic nitrogens is 1. The highest BCUT2D eigenvalue weighted by molar-refractivity contribution is 5.45. The summed E-state index contributed by atoms with van der Waals surface area (Å²) in [5, 5.41) is 10.3. The van der Waals surface area contributed by atoms with Crippen molar-refractivity contribution in [1.29, 1.82) is 0 Å². The summed E-state index contributed by atoms with van der Waals surface area (Å²) in [4.78, 5) is 12.3. The summed E-state index contributed by atoms with van der Waals surface area (Å²) >= 11 is 0. The molecule has 1 rings (SSSR count). The molecule has 0 spiro atoms. The average Bonchev–Trinajstić information content (AvgIpc) is 2.15. The molecule has 0 unspecified atom stereocenters. The molecule has 0 saturated carbocycles. The second-order valence-corrected chi connectivity index (χ2v) is 2.51. The minimum atomic E-state index is -3.34. The van der Waals surface area contributed by atoms with Gasteiger partial charge in [0.05, 0.1) is 4.92 Å². The Hall–Kier alpha value is -1.93. The average molecular weight is 240 g/mol. The van der Waals surface area contributed by atoms with Crippen LogP contribution < -0.4 is 4.74 Å². The SMILES string of the molecule is O=[N+]([O-])c1cnc(C(F)F)cc1OC(F)F. The zero-order valence-electron chi connectivity index (χ0n) is 7.44. The number of alkyl halides is 4. The van der Waals surface area contributed by atoms with Gasteiger partial charge in [0.15, 0.2) is 0 Å². The first-order valence-electron chi connectivity index (χ1n) is 3.79. The highest BCUT2D eigenvalue weighted by atomic mass is 19.3. The van der Waals surface area contributed by atoms with Crippen LogP contribution in [0.2, 0.25) is 0 Å². The van der Waals surface area contributed by atoms with Gasteiger partial charge in [-0.2, -0.15) is 8.78 Å². The molecule has 5 nitrogen and oxygen atoms in total. The molecule has 0 aliphatic rings. The highest BCUT2D eigenvalue weighted by Crippen LogP contribution is 2.30. The predicted molar refractivity (Wildman–Crippen MR) is 42.5 cm³/mol. The van der Waals surface area contributed by atoms with Gasteiger partial charge in [0.2, 0.25) is 5.75 Å². The second kappa shape index (κ2) is 4.73. The lowest BCUT2D eigenvalue weighted by molar-refractivity contribution is -0.386. The third kappa shape index (κ3) is 2.78. The van der Waals surface area contributed by atoms with Gasteiger partial charge < -0.3 is 4.74 Å². The third-order valence-corrected chi connectivity index (χ3v) is 1.50. The van der Waals surface area contributed by atoms with Gasteiger partial charge in [-0.1, -0.05) is 0 Å². The molecular weight excluding hydrogens is 236 g/mol. The van der Waals surface area contributed by atoms with Gasteiger partial charge in [0, 0.05) is 6.07 Å². The fourth-order valence-corrected chi connectivity index (χ4v) is 0.892. The molecule has 0 amide bonds. The minimum absolute atomic E-state index is 0.412. The lowest BCUT2D eigenvalue weighted by Crippen LogP contribution is -2.06. The molecule has 1 aromatic heterocycles. The summed E-state index contributed by atoms with van der Waals surface area (Å²) in [7, 11) is 0. The lowest BCUT2D eigenvalue weighted by Gasteiger charge is -2.06. The van der Waals surface area contributed by atoms with Crippen molar-refractivity contribution in [3.05, 3.63) is 28.1 Å². The van der Waals surface area contributed by atoms with E-state index in [0.29, 0.717) is 12.3 Å². The molecule has 0 aliphatic heterocycles. The molecule has 0 bridgehead atoms. The van der Waals surface area contributed by atoms with Gasteiger partial charge >= 0.3 is 12.3 Å². The second-order valence-electron chi connectivity index (χ2n) is 2.51. The number of halogens is 4. The number of hydrogen-bond donors (Lipinski definition) is 0. The summed E-state index contributed by atoms with van der Waals surface area (Å²) in [6.45, 7) is -3.34. The van der Waals surface area contributed by atoms with Crippen molar-refractivity contribution in [1.82, 2.24) is 4.98 Å². The molecule has 0 aromatic carbocycles. The molecule has 9 heteroatoms. The number of hydrogen-bond acceptors (Lipinski definition) is 4. The van der Waals surface area contributed by atoms with Gasteiger partial charge in [-0.05, 0) is 0 Å². The number of pyridine rings is 1. The molecule has 1 aromatic rings. The summed E-state index contributed by atoms with van der Waals surface area (Å²) in [6, 6.07) is 0.412. The van der Waals surface area contributed by atoms with Crippen LogP contribution in [0.3, 0.4) is 0 Å². The van der Waals surface area contributed by atoms with Crippen LogP contribution in [0.4, 0.5) is 23.2 Å². The van der Waals surface area contributed by atoms with E-state index in [1.54, 1.807) is 0 Å². The van der Waals surface area contributed by atoms with Crippen molar-refractivity contribution in [3.63, 3.8) is 0 Å². The van der Waals surface area contributed by atoms with E-state index in [4.69, 9.17) is 0 Å². The predicted octanol–water partition coefficient (Wildman–Crippen LogP) is 2.53. The minimum Gasteiger partial charge on any atom is -0.427 e. The first kappa shape index (κ1) is 12.1. The van der Waals surface area contributed by atoms with Crippen LogP contribution in [0.5, 0.6) is 5.75 Å². The monoisotopic (exact) mass is 240 g/mol. The maximum Gasteiger partial charge on any atom is 0.387 e. The van der Waals surface area contributed by atoms with Crippen molar-refractivity contribution < 1.29 is 27.2 Å². The molecule has 0 atom stereocenters. The third-order valence-electron chi connectivity index (χ3n) is 1.50. The molecule has 0 fully saturated rings. The summed E-state index contributed by atoms with van der Waals surface area (Å²) in [6.07, 6.45) is -2.58. The number of nitrogens with zero attached hydrogens (tertiary/aromatic N) is 2.